The second-order valence-electron chi connectivity index (χ2n) is 14.8. The minimum atomic E-state index is -3.96. The molecule has 4 rings (SSSR count). The first kappa shape index (κ1) is 47.4. The van der Waals surface area contributed by atoms with Gasteiger partial charge < -0.3 is 28.0 Å². The molecule has 2 aliphatic rings. The fourth-order valence-corrected chi connectivity index (χ4v) is 8.45. The van der Waals surface area contributed by atoms with Gasteiger partial charge in [-0.1, -0.05) is 36.4 Å². The van der Waals surface area contributed by atoms with E-state index in [0.717, 1.165) is 0 Å². The van der Waals surface area contributed by atoms with E-state index in [4.69, 9.17) is 37.0 Å². The molecule has 0 aliphatic carbocycles. The zero-order valence-electron chi connectivity index (χ0n) is 33.8. The first-order chi connectivity index (χ1) is 26.0. The third-order valence-corrected chi connectivity index (χ3v) is 11.9. The van der Waals surface area contributed by atoms with Crippen molar-refractivity contribution in [3.8, 4) is 11.5 Å². The van der Waals surface area contributed by atoms with Crippen LogP contribution < -0.4 is 19.2 Å². The van der Waals surface area contributed by atoms with E-state index in [9.17, 15) is 27.5 Å². The predicted octanol–water partition coefficient (Wildman–Crippen LogP) is 8.05. The van der Waals surface area contributed by atoms with Crippen LogP contribution in [0.2, 0.25) is 0 Å². The number of halogens is 2. The molecule has 0 bridgehead atoms. The summed E-state index contributed by atoms with van der Waals surface area (Å²) >= 11 is 0. The number of rotatable bonds is 18. The lowest BCUT2D eigenvalue weighted by molar-refractivity contribution is -0.150. The summed E-state index contributed by atoms with van der Waals surface area (Å²) in [6.07, 6.45) is -2.73. The van der Waals surface area contributed by atoms with Gasteiger partial charge in [-0.05, 0) is 93.5 Å². The largest absolute Gasteiger partial charge is 0.462 e. The topological polar surface area (TPSA) is 166 Å². The van der Waals surface area contributed by atoms with Crippen LogP contribution in [-0.4, -0.2) is 85.2 Å². The minimum absolute atomic E-state index is 0.116. The molecule has 2 aromatic rings. The van der Waals surface area contributed by atoms with Gasteiger partial charge in [0.25, 0.3) is 0 Å². The molecule has 0 aromatic heterocycles. The summed E-state index contributed by atoms with van der Waals surface area (Å²) in [4.78, 5) is 24.2. The van der Waals surface area contributed by atoms with E-state index in [1.165, 1.54) is 27.7 Å². The van der Waals surface area contributed by atoms with Crippen LogP contribution in [0.4, 0.5) is 8.78 Å². The Morgan fingerprint density at radius 3 is 1.27 bits per heavy atom. The number of carbonyl (C=O) groups is 2. The number of para-hydroxylation sites is 2. The van der Waals surface area contributed by atoms with Crippen LogP contribution >= 0.6 is 15.5 Å². The molecule has 2 saturated heterocycles. The number of hydrogen-bond donors (Lipinski definition) is 2. The van der Waals surface area contributed by atoms with E-state index in [0.29, 0.717) is 11.5 Å². The van der Waals surface area contributed by atoms with Crippen LogP contribution in [0.25, 0.3) is 0 Å². The molecule has 2 heterocycles. The molecule has 316 valence electrons. The van der Waals surface area contributed by atoms with Gasteiger partial charge in [0.2, 0.25) is 0 Å². The van der Waals surface area contributed by atoms with Crippen LogP contribution in [0.1, 0.15) is 82.1 Å². The van der Waals surface area contributed by atoms with Crippen molar-refractivity contribution in [3.05, 3.63) is 60.7 Å². The van der Waals surface area contributed by atoms with Gasteiger partial charge in [-0.2, -0.15) is 10.2 Å². The van der Waals surface area contributed by atoms with Crippen LogP contribution in [0, 0.1) is 0 Å². The Morgan fingerprint density at radius 2 is 1.00 bits per heavy atom. The number of carbonyl (C=O) groups excluding carboxylic acids is 2. The van der Waals surface area contributed by atoms with Gasteiger partial charge >= 0.3 is 27.4 Å². The molecule has 56 heavy (non-hydrogen) atoms. The first-order valence-electron chi connectivity index (χ1n) is 18.6. The quantitative estimate of drug-likeness (QED) is 0.109. The van der Waals surface area contributed by atoms with Crippen molar-refractivity contribution < 1.29 is 64.5 Å². The summed E-state index contributed by atoms with van der Waals surface area (Å²) in [5.41, 5.74) is -2.97. The molecule has 0 radical (unpaired) electrons. The fraction of sp³-hybridized carbons (Fsp3) is 0.632. The predicted molar refractivity (Wildman–Crippen MR) is 206 cm³/mol. The fourth-order valence-electron chi connectivity index (χ4n) is 5.41. The second kappa shape index (κ2) is 20.7. The van der Waals surface area contributed by atoms with E-state index < -0.39 is 75.3 Å². The molecule has 0 saturated carbocycles. The number of alkyl halides is 2. The zero-order chi connectivity index (χ0) is 41.9. The lowest BCUT2D eigenvalue weighted by Gasteiger charge is -2.24. The van der Waals surface area contributed by atoms with Crippen molar-refractivity contribution in [2.75, 3.05) is 13.2 Å². The molecule has 14 nitrogen and oxygen atoms in total. The lowest BCUT2D eigenvalue weighted by Crippen LogP contribution is -2.36. The zero-order valence-corrected chi connectivity index (χ0v) is 35.6. The Balaban J connectivity index is 0.000000300. The SMILES string of the molecule is CC(C)OC(=O)[C@@H](C)NP(=O)(OC[C@@H]1C[C@@](C)(F)[C@H](C)O1)Oc1ccccc1.CC(C)OC(=O)[C@H](C)NP(=O)(OC[C@@H]1C[C@@](C)(F)[C@H](C)O1)Oc1ccccc1. The summed E-state index contributed by atoms with van der Waals surface area (Å²) in [5, 5.41) is 5.18. The molecule has 2 fully saturated rings. The summed E-state index contributed by atoms with van der Waals surface area (Å²) in [6, 6.07) is 15.0. The molecule has 2 aromatic carbocycles. The van der Waals surface area contributed by atoms with Gasteiger partial charge in [0.15, 0.2) is 0 Å². The monoisotopic (exact) mass is 834 g/mol. The third kappa shape index (κ3) is 15.4. The molecule has 0 amide bonds. The van der Waals surface area contributed by atoms with E-state index in [1.54, 1.807) is 102 Å². The van der Waals surface area contributed by atoms with Crippen molar-refractivity contribution >= 4 is 27.4 Å². The van der Waals surface area contributed by atoms with Crippen molar-refractivity contribution in [2.45, 2.75) is 142 Å². The lowest BCUT2D eigenvalue weighted by atomic mass is 10.00. The van der Waals surface area contributed by atoms with E-state index in [2.05, 4.69) is 10.2 Å². The average molecular weight is 835 g/mol. The van der Waals surface area contributed by atoms with Crippen LogP contribution in [0.3, 0.4) is 0 Å². The van der Waals surface area contributed by atoms with E-state index in [1.807, 2.05) is 0 Å². The van der Waals surface area contributed by atoms with Crippen molar-refractivity contribution in [2.24, 2.45) is 0 Å². The molecular formula is C38H58F2N2O12P2. The Labute approximate surface area is 329 Å². The smallest absolute Gasteiger partial charge is 0.459 e. The molecule has 10 atom stereocenters. The van der Waals surface area contributed by atoms with Crippen molar-refractivity contribution in [3.63, 3.8) is 0 Å². The van der Waals surface area contributed by atoms with Crippen molar-refractivity contribution in [1.29, 1.82) is 0 Å². The highest BCUT2D eigenvalue weighted by Gasteiger charge is 2.45. The Morgan fingerprint density at radius 1 is 0.679 bits per heavy atom. The molecule has 2 unspecified atom stereocenters. The summed E-state index contributed by atoms with van der Waals surface area (Å²) in [6.45, 7) is 15.8. The summed E-state index contributed by atoms with van der Waals surface area (Å²) < 4.78 is 98.5. The summed E-state index contributed by atoms with van der Waals surface area (Å²) in [7, 11) is -7.92. The maximum Gasteiger partial charge on any atom is 0.459 e. The Kier molecular flexibility index (Phi) is 17.5. The van der Waals surface area contributed by atoms with Gasteiger partial charge in [-0.25, -0.2) is 17.9 Å². The maximum atomic E-state index is 14.3. The number of hydrogen-bond acceptors (Lipinski definition) is 12. The standard InChI is InChI=1S/2C19H29FNO6P/c2*1-13(2)25-18(22)14(3)21-28(23,27-16-9-7-6-8-10-16)24-12-17-11-19(5,20)15(4)26-17/h2*6-10,13-15,17H,11-12H2,1-5H3,(H,21,23)/t14-,15+,17+,19-,28?;14-,15-,17-,19+,28?/m10/s1. The van der Waals surface area contributed by atoms with Gasteiger partial charge in [-0.15, -0.1) is 0 Å². The van der Waals surface area contributed by atoms with Gasteiger partial charge in [0.1, 0.15) is 34.9 Å². The number of nitrogens with one attached hydrogen (secondary N) is 2. The van der Waals surface area contributed by atoms with Crippen LogP contribution in [0.15, 0.2) is 60.7 Å². The van der Waals surface area contributed by atoms with E-state index >= 15 is 0 Å². The average Bonchev–Trinajstić information content (AvgIpc) is 3.52. The molecule has 2 aliphatic heterocycles. The molecule has 2 N–H and O–H groups in total. The molecule has 18 heteroatoms. The highest BCUT2D eigenvalue weighted by Crippen LogP contribution is 2.47. The highest BCUT2D eigenvalue weighted by atomic mass is 31.2. The van der Waals surface area contributed by atoms with Gasteiger partial charge in [0.05, 0.1) is 49.8 Å². The van der Waals surface area contributed by atoms with Gasteiger partial charge in [0, 0.05) is 12.8 Å². The summed E-state index contributed by atoms with van der Waals surface area (Å²) in [5.74, 6) is -0.562. The third-order valence-electron chi connectivity index (χ3n) is 8.65. The van der Waals surface area contributed by atoms with Gasteiger partial charge in [-0.3, -0.25) is 18.6 Å². The van der Waals surface area contributed by atoms with Crippen molar-refractivity contribution in [1.82, 2.24) is 10.2 Å². The number of benzene rings is 2. The van der Waals surface area contributed by atoms with Crippen LogP contribution in [-0.2, 0) is 46.7 Å². The number of esters is 2. The Bertz CT molecular complexity index is 1520. The second-order valence-corrected chi connectivity index (χ2v) is 18.2. The first-order valence-corrected chi connectivity index (χ1v) is 21.7. The molecular weight excluding hydrogens is 776 g/mol. The highest BCUT2D eigenvalue weighted by molar-refractivity contribution is 7.52. The maximum absolute atomic E-state index is 14.3. The molecule has 0 spiro atoms. The Hall–Kier alpha value is -2.94. The van der Waals surface area contributed by atoms with E-state index in [-0.39, 0.29) is 38.3 Å². The number of ether oxygens (including phenoxy) is 4. The van der Waals surface area contributed by atoms with Crippen LogP contribution in [0.5, 0.6) is 11.5 Å². The normalized spacial score (nSPS) is 28.0. The minimum Gasteiger partial charge on any atom is -0.462 e.